The molecule has 1 unspecified atom stereocenters. The lowest BCUT2D eigenvalue weighted by Crippen LogP contribution is -2.31. The first-order chi connectivity index (χ1) is 18.3. The summed E-state index contributed by atoms with van der Waals surface area (Å²) in [6.07, 6.45) is 1.65. The number of aryl methyl sites for hydroxylation is 2. The van der Waals surface area contributed by atoms with Crippen molar-refractivity contribution in [2.45, 2.75) is 26.8 Å². The van der Waals surface area contributed by atoms with E-state index in [4.69, 9.17) is 9.47 Å². The molecule has 1 N–H and O–H groups in total. The Balaban J connectivity index is 1.62. The third kappa shape index (κ3) is 4.57. The van der Waals surface area contributed by atoms with Gasteiger partial charge in [-0.3, -0.25) is 14.5 Å². The lowest BCUT2D eigenvalue weighted by Gasteiger charge is -2.24. The fraction of sp³-hybridized carbons (Fsp3) is 0.214. The Hall–Kier alpha value is -4.02. The van der Waals surface area contributed by atoms with E-state index in [1.807, 2.05) is 32.0 Å². The molecule has 3 heterocycles. The number of benzene rings is 2. The van der Waals surface area contributed by atoms with E-state index in [2.05, 4.69) is 16.5 Å². The topological polar surface area (TPSA) is 102 Å². The summed E-state index contributed by atoms with van der Waals surface area (Å²) < 4.78 is 12.0. The van der Waals surface area contributed by atoms with Crippen molar-refractivity contribution in [1.29, 1.82) is 0 Å². The fourth-order valence-corrected chi connectivity index (χ4v) is 6.26. The van der Waals surface area contributed by atoms with Crippen LogP contribution in [-0.2, 0) is 4.79 Å². The molecule has 0 aliphatic carbocycles. The number of nitrogens with zero attached hydrogens (tertiary/aromatic N) is 3. The highest BCUT2D eigenvalue weighted by Gasteiger charge is 2.46. The molecule has 5 rings (SSSR count). The maximum Gasteiger partial charge on any atom is 0.296 e. The molecule has 1 aliphatic heterocycles. The highest BCUT2D eigenvalue weighted by atomic mass is 32.1. The monoisotopic (exact) mass is 547 g/mol. The summed E-state index contributed by atoms with van der Waals surface area (Å²) in [5.74, 6) is -0.399. The average Bonchev–Trinajstić information content (AvgIpc) is 3.55. The second-order valence-electron chi connectivity index (χ2n) is 8.54. The van der Waals surface area contributed by atoms with Crippen molar-refractivity contribution in [1.82, 2.24) is 9.97 Å². The lowest BCUT2D eigenvalue weighted by atomic mass is 9.95. The maximum atomic E-state index is 13.8. The van der Waals surface area contributed by atoms with Gasteiger partial charge >= 0.3 is 0 Å². The number of carbonyl (C=O) groups is 2. The summed E-state index contributed by atoms with van der Waals surface area (Å²) in [7, 11) is 0. The van der Waals surface area contributed by atoms with Gasteiger partial charge in [0.25, 0.3) is 5.91 Å². The highest BCUT2D eigenvalue weighted by Crippen LogP contribution is 2.45. The van der Waals surface area contributed by atoms with E-state index in [0.717, 1.165) is 9.71 Å². The number of rotatable bonds is 9. The van der Waals surface area contributed by atoms with E-state index in [1.54, 1.807) is 37.3 Å². The molecule has 0 spiro atoms. The molecule has 38 heavy (non-hydrogen) atoms. The smallest absolute Gasteiger partial charge is 0.296 e. The van der Waals surface area contributed by atoms with Gasteiger partial charge in [-0.25, -0.2) is 9.97 Å². The summed E-state index contributed by atoms with van der Waals surface area (Å²) in [6.45, 7) is 9.99. The Morgan fingerprint density at radius 2 is 1.84 bits per heavy atom. The van der Waals surface area contributed by atoms with Crippen LogP contribution in [0.3, 0.4) is 0 Å². The fourth-order valence-electron chi connectivity index (χ4n) is 4.37. The zero-order valence-electron chi connectivity index (χ0n) is 21.1. The van der Waals surface area contributed by atoms with Crippen molar-refractivity contribution >= 4 is 49.7 Å². The van der Waals surface area contributed by atoms with Crippen molar-refractivity contribution < 1.29 is 24.2 Å². The molecular weight excluding hydrogens is 522 g/mol. The standard InChI is InChI=1S/C28H25N3O5S2/c1-5-13-36-18-9-7-17(8-10-18)23-22(24(32)26-15(3)29-16(4)37-26)25(33)27(34)31(23)28-30-20-12-11-19(35-6-2)14-21(20)38-28/h5,7-12,14,23,33H,1,6,13H2,2-4H3. The number of Topliss-reactive ketones (excluding diaryl/α,β-unsaturated/α-hetero) is 1. The molecular formula is C28H25N3O5S2. The predicted octanol–water partition coefficient (Wildman–Crippen LogP) is 6.12. The van der Waals surface area contributed by atoms with Crippen LogP contribution >= 0.6 is 22.7 Å². The minimum absolute atomic E-state index is 0.00392. The lowest BCUT2D eigenvalue weighted by molar-refractivity contribution is -0.117. The SMILES string of the molecule is C=CCOc1ccc(C2C(C(=O)c3sc(C)nc3C)=C(O)C(=O)N2c2nc3ccc(OCC)cc3s2)cc1. The Labute approximate surface area is 227 Å². The summed E-state index contributed by atoms with van der Waals surface area (Å²) in [5, 5.41) is 12.2. The number of hydrogen-bond acceptors (Lipinski definition) is 9. The first kappa shape index (κ1) is 25.6. The number of ketones is 1. The van der Waals surface area contributed by atoms with Gasteiger partial charge in [-0.1, -0.05) is 36.1 Å². The average molecular weight is 548 g/mol. The molecule has 2 aromatic heterocycles. The van der Waals surface area contributed by atoms with Crippen molar-refractivity contribution in [3.63, 3.8) is 0 Å². The van der Waals surface area contributed by atoms with E-state index >= 15 is 0 Å². The van der Waals surface area contributed by atoms with Crippen LogP contribution in [0.5, 0.6) is 11.5 Å². The minimum Gasteiger partial charge on any atom is -0.503 e. The Kier molecular flexibility index (Phi) is 7.00. The van der Waals surface area contributed by atoms with Gasteiger partial charge in [0.15, 0.2) is 10.9 Å². The van der Waals surface area contributed by atoms with E-state index < -0.39 is 23.5 Å². The van der Waals surface area contributed by atoms with Gasteiger partial charge in [0.1, 0.15) is 18.1 Å². The molecule has 0 bridgehead atoms. The van der Waals surface area contributed by atoms with Gasteiger partial charge in [0.05, 0.1) is 44.0 Å². The van der Waals surface area contributed by atoms with Gasteiger partial charge in [0, 0.05) is 0 Å². The highest BCUT2D eigenvalue weighted by molar-refractivity contribution is 7.22. The molecule has 194 valence electrons. The quantitative estimate of drug-likeness (QED) is 0.199. The predicted molar refractivity (Wildman–Crippen MR) is 149 cm³/mol. The zero-order valence-corrected chi connectivity index (χ0v) is 22.7. The van der Waals surface area contributed by atoms with Crippen molar-refractivity contribution in [2.75, 3.05) is 18.1 Å². The van der Waals surface area contributed by atoms with Crippen LogP contribution in [-0.4, -0.2) is 40.0 Å². The number of hydrogen-bond donors (Lipinski definition) is 1. The zero-order chi connectivity index (χ0) is 27.0. The number of aliphatic hydroxyl groups is 1. The van der Waals surface area contributed by atoms with Gasteiger partial charge in [-0.2, -0.15) is 0 Å². The summed E-state index contributed by atoms with van der Waals surface area (Å²) in [6, 6.07) is 11.7. The van der Waals surface area contributed by atoms with Crippen molar-refractivity contribution in [3.05, 3.63) is 87.6 Å². The molecule has 1 aliphatic rings. The number of amides is 1. The van der Waals surface area contributed by atoms with Gasteiger partial charge in [-0.05, 0) is 56.7 Å². The molecule has 1 atom stereocenters. The maximum absolute atomic E-state index is 13.8. The van der Waals surface area contributed by atoms with Crippen LogP contribution in [0.25, 0.3) is 10.2 Å². The molecule has 0 saturated carbocycles. The Bertz CT molecular complexity index is 1590. The number of aliphatic hydroxyl groups excluding tert-OH is 1. The normalized spacial score (nSPS) is 15.4. The van der Waals surface area contributed by atoms with Crippen LogP contribution in [0.15, 0.2) is 66.5 Å². The number of ether oxygens (including phenoxy) is 2. The third-order valence-electron chi connectivity index (χ3n) is 5.99. The summed E-state index contributed by atoms with van der Waals surface area (Å²) in [4.78, 5) is 38.2. The first-order valence-electron chi connectivity index (χ1n) is 11.9. The number of carbonyl (C=O) groups excluding carboxylic acids is 2. The largest absolute Gasteiger partial charge is 0.503 e. The molecule has 1 amide bonds. The van der Waals surface area contributed by atoms with E-state index in [-0.39, 0.29) is 5.57 Å². The van der Waals surface area contributed by atoms with E-state index in [9.17, 15) is 14.7 Å². The Morgan fingerprint density at radius 3 is 2.50 bits per heavy atom. The van der Waals surface area contributed by atoms with E-state index in [0.29, 0.717) is 51.5 Å². The van der Waals surface area contributed by atoms with Crippen LogP contribution in [0.4, 0.5) is 5.13 Å². The van der Waals surface area contributed by atoms with E-state index in [1.165, 1.54) is 27.6 Å². The Morgan fingerprint density at radius 1 is 1.11 bits per heavy atom. The summed E-state index contributed by atoms with van der Waals surface area (Å²) in [5.41, 5.74) is 1.86. The number of aromatic nitrogens is 2. The van der Waals surface area contributed by atoms with Crippen LogP contribution in [0, 0.1) is 13.8 Å². The molecule has 2 aromatic carbocycles. The second-order valence-corrected chi connectivity index (χ2v) is 10.8. The van der Waals surface area contributed by atoms with Crippen LogP contribution < -0.4 is 14.4 Å². The van der Waals surface area contributed by atoms with Gasteiger partial charge in [-0.15, -0.1) is 11.3 Å². The molecule has 0 fully saturated rings. The van der Waals surface area contributed by atoms with Crippen LogP contribution in [0.1, 0.15) is 38.9 Å². The number of thiazole rings is 2. The van der Waals surface area contributed by atoms with Crippen LogP contribution in [0.2, 0.25) is 0 Å². The molecule has 0 radical (unpaired) electrons. The molecule has 8 nitrogen and oxygen atoms in total. The third-order valence-corrected chi connectivity index (χ3v) is 8.08. The van der Waals surface area contributed by atoms with Gasteiger partial charge < -0.3 is 14.6 Å². The first-order valence-corrected chi connectivity index (χ1v) is 13.6. The van der Waals surface area contributed by atoms with Gasteiger partial charge in [0.2, 0.25) is 5.78 Å². The number of fused-ring (bicyclic) bond motifs is 1. The molecule has 10 heteroatoms. The summed E-state index contributed by atoms with van der Waals surface area (Å²) >= 11 is 2.53. The second kappa shape index (κ2) is 10.4. The molecule has 4 aromatic rings. The van der Waals surface area contributed by atoms with Crippen molar-refractivity contribution in [2.24, 2.45) is 0 Å². The molecule has 0 saturated heterocycles. The van der Waals surface area contributed by atoms with Crippen molar-refractivity contribution in [3.8, 4) is 11.5 Å². The minimum atomic E-state index is -0.891. The number of anilines is 1.